The zero-order valence-electron chi connectivity index (χ0n) is 22.7. The summed E-state index contributed by atoms with van der Waals surface area (Å²) in [7, 11) is -4.86. The Morgan fingerprint density at radius 1 is 0.955 bits per heavy atom. The van der Waals surface area contributed by atoms with Gasteiger partial charge in [-0.2, -0.15) is 17.6 Å². The van der Waals surface area contributed by atoms with Gasteiger partial charge in [-0.25, -0.2) is 19.9 Å². The fraction of sp³-hybridized carbons (Fsp3) is 0.545. The van der Waals surface area contributed by atoms with Crippen molar-refractivity contribution in [2.45, 2.75) is 49.7 Å². The molecule has 9 atom stereocenters. The number of imidazole rings is 2. The molecule has 4 aromatic rings. The Balaban J connectivity index is 1.16. The monoisotopic (exact) mass is 670 g/mol. The molecule has 2 bridgehead atoms. The van der Waals surface area contributed by atoms with Crippen molar-refractivity contribution in [3.63, 3.8) is 0 Å². The first kappa shape index (κ1) is 30.1. The molecule has 236 valence electrons. The van der Waals surface area contributed by atoms with Gasteiger partial charge in [0, 0.05) is 12.3 Å². The first-order valence-electron chi connectivity index (χ1n) is 13.4. The van der Waals surface area contributed by atoms with Crippen LogP contribution in [0.3, 0.4) is 0 Å². The largest absolute Gasteiger partial charge is 0.382 e. The smallest absolute Gasteiger partial charge is 0.330 e. The number of aromatic amines is 1. The van der Waals surface area contributed by atoms with Gasteiger partial charge in [0.15, 0.2) is 28.9 Å². The van der Waals surface area contributed by atoms with Gasteiger partial charge < -0.3 is 48.8 Å². The summed E-state index contributed by atoms with van der Waals surface area (Å²) in [5.74, 6) is 0.210. The van der Waals surface area contributed by atoms with Crippen LogP contribution in [0.4, 0.5) is 11.8 Å². The SMILES string of the molecule is Nc1nc2c(ncn2C2OC3COP(O)OC4CC(n5cnc6c(N)ncnc65)OC4COP(O)OC2C3CCS)c(=O)[nH]1. The highest BCUT2D eigenvalue weighted by molar-refractivity contribution is 7.80. The van der Waals surface area contributed by atoms with Crippen LogP contribution in [0.15, 0.2) is 23.8 Å². The molecule has 4 aromatic heterocycles. The molecule has 0 amide bonds. The highest BCUT2D eigenvalue weighted by Crippen LogP contribution is 2.50. The van der Waals surface area contributed by atoms with Crippen molar-refractivity contribution in [3.05, 3.63) is 29.3 Å². The lowest BCUT2D eigenvalue weighted by Crippen LogP contribution is -2.30. The van der Waals surface area contributed by atoms with E-state index in [1.807, 2.05) is 0 Å². The number of anilines is 2. The van der Waals surface area contributed by atoms with Gasteiger partial charge >= 0.3 is 17.2 Å². The third-order valence-electron chi connectivity index (χ3n) is 7.70. The minimum absolute atomic E-state index is 0.0509. The van der Waals surface area contributed by atoms with Crippen LogP contribution in [0.5, 0.6) is 0 Å². The lowest BCUT2D eigenvalue weighted by atomic mass is 9.95. The standard InChI is InChI=1S/C22H28N10O9P2S/c23-17-14-18(26-6-25-17)31(7-27-14)13-3-10-12(38-13)5-37-43(35)41-16-9(1-2-44)11(4-36-42(34)40-10)39-21(16)32-8-28-15-19(32)29-22(24)30-20(15)33/h6-13,16,21,34-35,44H,1-5H2,(H2,23,25,26)(H3,24,29,30,33). The van der Waals surface area contributed by atoms with E-state index in [0.29, 0.717) is 23.3 Å². The Labute approximate surface area is 255 Å². The van der Waals surface area contributed by atoms with Crippen molar-refractivity contribution >= 4 is 63.9 Å². The lowest BCUT2D eigenvalue weighted by Gasteiger charge is -2.26. The van der Waals surface area contributed by atoms with Crippen LogP contribution < -0.4 is 17.0 Å². The van der Waals surface area contributed by atoms with Crippen LogP contribution in [0.2, 0.25) is 0 Å². The van der Waals surface area contributed by atoms with Crippen LogP contribution in [-0.4, -0.2) is 92.2 Å². The first-order valence-corrected chi connectivity index (χ1v) is 16.3. The van der Waals surface area contributed by atoms with Crippen LogP contribution in [-0.2, 0) is 27.6 Å². The molecule has 7 N–H and O–H groups in total. The van der Waals surface area contributed by atoms with E-state index in [4.69, 9.17) is 39.0 Å². The summed E-state index contributed by atoms with van der Waals surface area (Å²) in [6.45, 7) is -0.218. The molecule has 44 heavy (non-hydrogen) atoms. The molecular formula is C22H28N10O9P2S. The van der Waals surface area contributed by atoms with E-state index in [1.165, 1.54) is 23.5 Å². The van der Waals surface area contributed by atoms with Crippen LogP contribution in [0.25, 0.3) is 22.3 Å². The van der Waals surface area contributed by atoms with Gasteiger partial charge in [-0.05, 0) is 12.2 Å². The number of nitrogens with zero attached hydrogens (tertiary/aromatic N) is 7. The van der Waals surface area contributed by atoms with Crippen LogP contribution in [0, 0.1) is 5.92 Å². The number of rotatable bonds is 4. The quantitative estimate of drug-likeness (QED) is 0.128. The molecule has 22 heteroatoms. The summed E-state index contributed by atoms with van der Waals surface area (Å²) in [6.07, 6.45) is 0.664. The van der Waals surface area contributed by atoms with Gasteiger partial charge in [-0.3, -0.25) is 18.9 Å². The number of hydrogen-bond donors (Lipinski definition) is 6. The van der Waals surface area contributed by atoms with Gasteiger partial charge in [0.25, 0.3) is 5.56 Å². The minimum Gasteiger partial charge on any atom is -0.382 e. The third-order valence-corrected chi connectivity index (χ3v) is 9.57. The lowest BCUT2D eigenvalue weighted by molar-refractivity contribution is -0.0589. The highest BCUT2D eigenvalue weighted by Gasteiger charge is 2.49. The van der Waals surface area contributed by atoms with E-state index in [1.54, 1.807) is 4.57 Å². The van der Waals surface area contributed by atoms with Crippen molar-refractivity contribution in [3.8, 4) is 0 Å². The number of H-pyrrole nitrogens is 1. The number of nitrogens with two attached hydrogens (primary N) is 2. The number of fused-ring (bicyclic) bond motifs is 5. The van der Waals surface area contributed by atoms with Gasteiger partial charge in [0.2, 0.25) is 5.95 Å². The predicted octanol–water partition coefficient (Wildman–Crippen LogP) is 0.500. The number of nitrogen functional groups attached to an aromatic ring is 2. The number of aromatic nitrogens is 8. The molecule has 19 nitrogen and oxygen atoms in total. The fourth-order valence-electron chi connectivity index (χ4n) is 5.69. The molecule has 3 saturated heterocycles. The van der Waals surface area contributed by atoms with Gasteiger partial charge in [0.1, 0.15) is 30.3 Å². The number of hydrogen-bond acceptors (Lipinski definition) is 17. The fourth-order valence-corrected chi connectivity index (χ4v) is 7.59. The van der Waals surface area contributed by atoms with Gasteiger partial charge in [0.05, 0.1) is 38.1 Å². The molecule has 0 saturated carbocycles. The van der Waals surface area contributed by atoms with E-state index in [0.717, 1.165) is 0 Å². The Bertz CT molecular complexity index is 1710. The second kappa shape index (κ2) is 12.3. The molecule has 7 heterocycles. The van der Waals surface area contributed by atoms with Gasteiger partial charge in [-0.15, -0.1) is 0 Å². The molecule has 0 radical (unpaired) electrons. The van der Waals surface area contributed by atoms with Crippen molar-refractivity contribution in [1.82, 2.24) is 39.0 Å². The van der Waals surface area contributed by atoms with E-state index in [9.17, 15) is 14.6 Å². The summed E-state index contributed by atoms with van der Waals surface area (Å²) < 4.78 is 39.3. The van der Waals surface area contributed by atoms with Crippen molar-refractivity contribution in [2.24, 2.45) is 5.92 Å². The average Bonchev–Trinajstić information content (AvgIpc) is 3.76. The zero-order valence-corrected chi connectivity index (χ0v) is 25.4. The highest BCUT2D eigenvalue weighted by atomic mass is 32.1. The second-order valence-corrected chi connectivity index (χ2v) is 12.6. The van der Waals surface area contributed by atoms with Gasteiger partial charge in [-0.1, -0.05) is 0 Å². The van der Waals surface area contributed by atoms with Crippen molar-refractivity contribution in [2.75, 3.05) is 30.4 Å². The Hall–Kier alpha value is -2.61. The number of ether oxygens (including phenoxy) is 2. The average molecular weight is 671 g/mol. The molecule has 3 aliphatic heterocycles. The van der Waals surface area contributed by atoms with Crippen molar-refractivity contribution in [1.29, 1.82) is 0 Å². The van der Waals surface area contributed by atoms with E-state index >= 15 is 0 Å². The zero-order chi connectivity index (χ0) is 30.5. The molecule has 0 aromatic carbocycles. The second-order valence-electron chi connectivity index (χ2n) is 10.2. The first-order chi connectivity index (χ1) is 21.3. The summed E-state index contributed by atoms with van der Waals surface area (Å²) in [6, 6.07) is 0. The Morgan fingerprint density at radius 2 is 1.70 bits per heavy atom. The van der Waals surface area contributed by atoms with E-state index in [2.05, 4.69) is 42.5 Å². The summed E-state index contributed by atoms with van der Waals surface area (Å²) in [4.78, 5) is 57.6. The maximum atomic E-state index is 12.4. The summed E-state index contributed by atoms with van der Waals surface area (Å²) in [5, 5.41) is 0. The summed E-state index contributed by atoms with van der Waals surface area (Å²) in [5.41, 5.74) is 12.3. The predicted molar refractivity (Wildman–Crippen MR) is 157 cm³/mol. The maximum absolute atomic E-state index is 12.4. The molecule has 3 aliphatic rings. The molecule has 7 rings (SSSR count). The third kappa shape index (κ3) is 5.54. The summed E-state index contributed by atoms with van der Waals surface area (Å²) >= 11 is 4.40. The molecule has 0 aliphatic carbocycles. The molecule has 0 spiro atoms. The van der Waals surface area contributed by atoms with Crippen LogP contribution in [0.1, 0.15) is 25.3 Å². The van der Waals surface area contributed by atoms with Crippen LogP contribution >= 0.6 is 29.8 Å². The maximum Gasteiger partial charge on any atom is 0.330 e. The molecule has 9 unspecified atom stereocenters. The molecule has 3 fully saturated rings. The topological polar surface area (TPSA) is 255 Å². The Kier molecular flexibility index (Phi) is 8.40. The Morgan fingerprint density at radius 3 is 2.52 bits per heavy atom. The van der Waals surface area contributed by atoms with Crippen molar-refractivity contribution < 1.29 is 37.4 Å². The van der Waals surface area contributed by atoms with E-state index in [-0.39, 0.29) is 48.5 Å². The normalized spacial score (nSPS) is 33.2. The number of thiol groups is 1. The minimum atomic E-state index is -2.48. The molecular weight excluding hydrogens is 642 g/mol. The number of nitrogens with one attached hydrogen (secondary N) is 1. The van der Waals surface area contributed by atoms with E-state index < -0.39 is 59.6 Å².